The van der Waals surface area contributed by atoms with Gasteiger partial charge in [-0.05, 0) is 31.3 Å². The molecule has 28 heavy (non-hydrogen) atoms. The molecule has 0 aliphatic carbocycles. The number of hydrogen-bond donors (Lipinski definition) is 2. The molecule has 0 spiro atoms. The number of rotatable bonds is 7. The van der Waals surface area contributed by atoms with E-state index in [1.54, 1.807) is 11.8 Å². The number of thioether (sulfide) groups is 1. The van der Waals surface area contributed by atoms with Crippen molar-refractivity contribution in [1.82, 2.24) is 19.5 Å². The van der Waals surface area contributed by atoms with Crippen LogP contribution in [0.2, 0.25) is 0 Å². The Balaban J connectivity index is 1.59. The molecule has 2 aromatic rings. The SMILES string of the molecule is CN(C)Cc1ccc(CNC(=O)c2cc(S(=O)(=O)N3CCSCC3)c[nH]2)cc1. The average molecular weight is 423 g/mol. The minimum Gasteiger partial charge on any atom is -0.356 e. The third-order valence-corrected chi connectivity index (χ3v) is 7.30. The normalized spacial score (nSPS) is 15.7. The van der Waals surface area contributed by atoms with Crippen LogP contribution in [0.25, 0.3) is 0 Å². The van der Waals surface area contributed by atoms with E-state index in [1.165, 1.54) is 22.1 Å². The summed E-state index contributed by atoms with van der Waals surface area (Å²) in [4.78, 5) is 17.4. The van der Waals surface area contributed by atoms with E-state index in [4.69, 9.17) is 0 Å². The third kappa shape index (κ3) is 5.16. The number of hydrogen-bond acceptors (Lipinski definition) is 5. The Bertz CT molecular complexity index is 902. The molecular formula is C19H26N4O3S2. The van der Waals surface area contributed by atoms with Crippen molar-refractivity contribution in [1.29, 1.82) is 0 Å². The van der Waals surface area contributed by atoms with Gasteiger partial charge in [0.05, 0.1) is 0 Å². The monoisotopic (exact) mass is 422 g/mol. The molecule has 7 nitrogen and oxygen atoms in total. The van der Waals surface area contributed by atoms with Gasteiger partial charge in [0, 0.05) is 43.9 Å². The molecule has 1 aliphatic heterocycles. The van der Waals surface area contributed by atoms with Gasteiger partial charge in [0.25, 0.3) is 5.91 Å². The molecule has 0 bridgehead atoms. The van der Waals surface area contributed by atoms with Crippen molar-refractivity contribution < 1.29 is 13.2 Å². The first-order valence-corrected chi connectivity index (χ1v) is 11.7. The smallest absolute Gasteiger partial charge is 0.268 e. The second kappa shape index (κ2) is 9.13. The summed E-state index contributed by atoms with van der Waals surface area (Å²) in [6.45, 7) is 2.25. The number of H-pyrrole nitrogens is 1. The van der Waals surface area contributed by atoms with Crippen molar-refractivity contribution in [3.8, 4) is 0 Å². The van der Waals surface area contributed by atoms with E-state index in [9.17, 15) is 13.2 Å². The van der Waals surface area contributed by atoms with Crippen LogP contribution in [-0.2, 0) is 23.1 Å². The molecule has 1 aromatic carbocycles. The number of nitrogens with one attached hydrogen (secondary N) is 2. The largest absolute Gasteiger partial charge is 0.356 e. The van der Waals surface area contributed by atoms with Gasteiger partial charge in [-0.25, -0.2) is 8.42 Å². The van der Waals surface area contributed by atoms with Crippen LogP contribution < -0.4 is 5.32 Å². The zero-order valence-electron chi connectivity index (χ0n) is 16.1. The van der Waals surface area contributed by atoms with Crippen molar-refractivity contribution in [2.75, 3.05) is 38.7 Å². The van der Waals surface area contributed by atoms with Crippen LogP contribution in [0.4, 0.5) is 0 Å². The molecule has 0 radical (unpaired) electrons. The predicted octanol–water partition coefficient (Wildman–Crippen LogP) is 1.74. The molecule has 0 atom stereocenters. The van der Waals surface area contributed by atoms with Gasteiger partial charge in [0.2, 0.25) is 10.0 Å². The fourth-order valence-electron chi connectivity index (χ4n) is 3.00. The number of aromatic nitrogens is 1. The van der Waals surface area contributed by atoms with Gasteiger partial charge in [-0.3, -0.25) is 4.79 Å². The Kier molecular flexibility index (Phi) is 6.82. The van der Waals surface area contributed by atoms with E-state index in [-0.39, 0.29) is 16.5 Å². The van der Waals surface area contributed by atoms with Gasteiger partial charge in [-0.2, -0.15) is 16.1 Å². The summed E-state index contributed by atoms with van der Waals surface area (Å²) in [6, 6.07) is 9.46. The number of nitrogens with zero attached hydrogens (tertiary/aromatic N) is 2. The quantitative estimate of drug-likeness (QED) is 0.710. The Hall–Kier alpha value is -1.81. The maximum atomic E-state index is 12.7. The Morgan fingerprint density at radius 3 is 2.46 bits per heavy atom. The molecule has 0 saturated carbocycles. The fraction of sp³-hybridized carbons (Fsp3) is 0.421. The van der Waals surface area contributed by atoms with E-state index in [0.717, 1.165) is 23.6 Å². The van der Waals surface area contributed by atoms with E-state index in [2.05, 4.69) is 15.2 Å². The highest BCUT2D eigenvalue weighted by molar-refractivity contribution is 7.99. The molecule has 9 heteroatoms. The van der Waals surface area contributed by atoms with Crippen LogP contribution in [0.3, 0.4) is 0 Å². The molecule has 152 valence electrons. The third-order valence-electron chi connectivity index (χ3n) is 4.48. The van der Waals surface area contributed by atoms with Crippen LogP contribution in [-0.4, -0.2) is 67.2 Å². The molecule has 1 saturated heterocycles. The van der Waals surface area contributed by atoms with E-state index >= 15 is 0 Å². The summed E-state index contributed by atoms with van der Waals surface area (Å²) < 4.78 is 26.8. The molecule has 1 amide bonds. The van der Waals surface area contributed by atoms with Gasteiger partial charge in [0.15, 0.2) is 0 Å². The maximum Gasteiger partial charge on any atom is 0.268 e. The molecule has 3 rings (SSSR count). The van der Waals surface area contributed by atoms with Crippen LogP contribution >= 0.6 is 11.8 Å². The standard InChI is InChI=1S/C19H26N4O3S2/c1-22(2)14-16-5-3-15(4-6-16)12-21-19(24)18-11-17(13-20-18)28(25,26)23-7-9-27-10-8-23/h3-6,11,13,20H,7-10,12,14H2,1-2H3,(H,21,24). The number of amides is 1. The number of sulfonamides is 1. The maximum absolute atomic E-state index is 12.7. The predicted molar refractivity (Wildman–Crippen MR) is 112 cm³/mol. The number of benzene rings is 1. The van der Waals surface area contributed by atoms with Crippen molar-refractivity contribution in [2.45, 2.75) is 18.0 Å². The molecule has 0 unspecified atom stereocenters. The lowest BCUT2D eigenvalue weighted by Crippen LogP contribution is -2.37. The van der Waals surface area contributed by atoms with Crippen molar-refractivity contribution in [3.63, 3.8) is 0 Å². The minimum atomic E-state index is -3.55. The lowest BCUT2D eigenvalue weighted by atomic mass is 10.1. The zero-order valence-corrected chi connectivity index (χ0v) is 17.8. The summed E-state index contributed by atoms with van der Waals surface area (Å²) in [5.74, 6) is 1.27. The average Bonchev–Trinajstić information content (AvgIpc) is 3.19. The van der Waals surface area contributed by atoms with Gasteiger partial charge in [0.1, 0.15) is 10.6 Å². The summed E-state index contributed by atoms with van der Waals surface area (Å²) in [7, 11) is 0.482. The second-order valence-corrected chi connectivity index (χ2v) is 10.2. The first-order chi connectivity index (χ1) is 13.4. The van der Waals surface area contributed by atoms with Crippen LogP contribution in [0.1, 0.15) is 21.6 Å². The summed E-state index contributed by atoms with van der Waals surface area (Å²) in [5.41, 5.74) is 2.44. The van der Waals surface area contributed by atoms with Crippen molar-refractivity contribution >= 4 is 27.7 Å². The first kappa shape index (κ1) is 20.9. The van der Waals surface area contributed by atoms with Gasteiger partial charge in [-0.1, -0.05) is 24.3 Å². The Morgan fingerprint density at radius 2 is 1.82 bits per heavy atom. The number of aromatic amines is 1. The topological polar surface area (TPSA) is 85.5 Å². The van der Waals surface area contributed by atoms with E-state index in [0.29, 0.717) is 19.6 Å². The van der Waals surface area contributed by atoms with Crippen LogP contribution in [0.15, 0.2) is 41.4 Å². The van der Waals surface area contributed by atoms with E-state index < -0.39 is 10.0 Å². The van der Waals surface area contributed by atoms with Crippen molar-refractivity contribution in [2.24, 2.45) is 0 Å². The first-order valence-electron chi connectivity index (χ1n) is 9.13. The van der Waals surface area contributed by atoms with Gasteiger partial charge in [-0.15, -0.1) is 0 Å². The Morgan fingerprint density at radius 1 is 1.18 bits per heavy atom. The molecule has 2 heterocycles. The van der Waals surface area contributed by atoms with Gasteiger partial charge < -0.3 is 15.2 Å². The number of carbonyl (C=O) groups is 1. The van der Waals surface area contributed by atoms with Crippen LogP contribution in [0.5, 0.6) is 0 Å². The zero-order chi connectivity index (χ0) is 20.1. The lowest BCUT2D eigenvalue weighted by Gasteiger charge is -2.24. The van der Waals surface area contributed by atoms with E-state index in [1.807, 2.05) is 38.4 Å². The molecule has 2 N–H and O–H groups in total. The lowest BCUT2D eigenvalue weighted by molar-refractivity contribution is 0.0946. The highest BCUT2D eigenvalue weighted by atomic mass is 32.2. The fourth-order valence-corrected chi connectivity index (χ4v) is 5.57. The molecule has 1 aliphatic rings. The summed E-state index contributed by atoms with van der Waals surface area (Å²) in [6.07, 6.45) is 1.39. The summed E-state index contributed by atoms with van der Waals surface area (Å²) in [5, 5.41) is 2.83. The molecular weight excluding hydrogens is 396 g/mol. The second-order valence-electron chi connectivity index (χ2n) is 7.00. The van der Waals surface area contributed by atoms with Gasteiger partial charge >= 0.3 is 0 Å². The minimum absolute atomic E-state index is 0.137. The summed E-state index contributed by atoms with van der Waals surface area (Å²) >= 11 is 1.75. The van der Waals surface area contributed by atoms with Crippen molar-refractivity contribution in [3.05, 3.63) is 53.3 Å². The molecule has 1 fully saturated rings. The highest BCUT2D eigenvalue weighted by Gasteiger charge is 2.27. The highest BCUT2D eigenvalue weighted by Crippen LogP contribution is 2.20. The number of carbonyl (C=O) groups excluding carboxylic acids is 1. The van der Waals surface area contributed by atoms with Crippen LogP contribution in [0, 0.1) is 0 Å². The Labute approximate surface area is 170 Å². The molecule has 1 aromatic heterocycles.